The number of aryl methyl sites for hydroxylation is 1. The third-order valence-corrected chi connectivity index (χ3v) is 4.87. The van der Waals surface area contributed by atoms with Crippen LogP contribution in [0.1, 0.15) is 44.7 Å². The van der Waals surface area contributed by atoms with Gasteiger partial charge in [0.2, 0.25) is 0 Å². The van der Waals surface area contributed by atoms with Crippen molar-refractivity contribution in [2.75, 3.05) is 0 Å². The van der Waals surface area contributed by atoms with E-state index in [-0.39, 0.29) is 11.3 Å². The van der Waals surface area contributed by atoms with Gasteiger partial charge in [-0.1, -0.05) is 42.5 Å². The first-order chi connectivity index (χ1) is 13.7. The number of hydrogen-bond donors (Lipinski definition) is 0. The number of carbonyl (C=O) groups excluding carboxylic acids is 2. The van der Waals surface area contributed by atoms with Crippen LogP contribution in [0, 0.1) is 0 Å². The Balaban J connectivity index is 1.57. The Hall–Kier alpha value is -3.40. The first-order valence-corrected chi connectivity index (χ1v) is 9.41. The Bertz CT molecular complexity index is 1010. The summed E-state index contributed by atoms with van der Waals surface area (Å²) < 4.78 is 11.2. The smallest absolute Gasteiger partial charge is 0.347 e. The van der Waals surface area contributed by atoms with Gasteiger partial charge in [0.1, 0.15) is 17.1 Å². The molecule has 0 heterocycles. The Morgan fingerprint density at radius 1 is 0.643 bits per heavy atom. The van der Waals surface area contributed by atoms with Crippen LogP contribution in [0.25, 0.3) is 0 Å². The van der Waals surface area contributed by atoms with Gasteiger partial charge >= 0.3 is 11.9 Å². The average Bonchev–Trinajstić information content (AvgIpc) is 2.75. The molecule has 0 saturated carbocycles. The van der Waals surface area contributed by atoms with Gasteiger partial charge in [-0.05, 0) is 67.1 Å². The van der Waals surface area contributed by atoms with Crippen molar-refractivity contribution in [1.29, 1.82) is 0 Å². The number of esters is 2. The standard InChI is InChI=1S/C24H20O4/c25-23(18-10-2-1-3-11-18)27-22-15-7-6-14-20(22)24(26)28-21-16-8-12-17-9-4-5-13-19(17)21/h1-3,6-8,10-12,14-16H,4-5,9,13H2. The lowest BCUT2D eigenvalue weighted by Crippen LogP contribution is -2.16. The molecule has 28 heavy (non-hydrogen) atoms. The summed E-state index contributed by atoms with van der Waals surface area (Å²) >= 11 is 0. The maximum atomic E-state index is 12.8. The van der Waals surface area contributed by atoms with E-state index < -0.39 is 11.9 Å². The Morgan fingerprint density at radius 2 is 1.32 bits per heavy atom. The SMILES string of the molecule is O=C(Oc1ccccc1C(=O)Oc1cccc2c1CCCC2)c1ccccc1. The van der Waals surface area contributed by atoms with Crippen molar-refractivity contribution in [3.05, 3.63) is 95.1 Å². The van der Waals surface area contributed by atoms with Crippen LogP contribution in [-0.4, -0.2) is 11.9 Å². The second-order valence-corrected chi connectivity index (χ2v) is 6.74. The lowest BCUT2D eigenvalue weighted by molar-refractivity contribution is 0.0706. The highest BCUT2D eigenvalue weighted by atomic mass is 16.5. The van der Waals surface area contributed by atoms with Gasteiger partial charge in [-0.25, -0.2) is 9.59 Å². The van der Waals surface area contributed by atoms with Gasteiger partial charge in [-0.3, -0.25) is 0 Å². The van der Waals surface area contributed by atoms with Gasteiger partial charge in [0.25, 0.3) is 0 Å². The summed E-state index contributed by atoms with van der Waals surface area (Å²) in [5.41, 5.74) is 2.98. The molecule has 0 bridgehead atoms. The number of fused-ring (bicyclic) bond motifs is 1. The van der Waals surface area contributed by atoms with Crippen molar-refractivity contribution in [3.63, 3.8) is 0 Å². The van der Waals surface area contributed by atoms with Gasteiger partial charge < -0.3 is 9.47 Å². The minimum absolute atomic E-state index is 0.186. The molecule has 0 atom stereocenters. The Labute approximate surface area is 163 Å². The van der Waals surface area contributed by atoms with E-state index in [2.05, 4.69) is 6.07 Å². The molecule has 0 aliphatic heterocycles. The van der Waals surface area contributed by atoms with Crippen LogP contribution in [0.15, 0.2) is 72.8 Å². The fourth-order valence-corrected chi connectivity index (χ4v) is 3.45. The van der Waals surface area contributed by atoms with E-state index in [1.807, 2.05) is 18.2 Å². The number of ether oxygens (including phenoxy) is 2. The monoisotopic (exact) mass is 372 g/mol. The normalized spacial score (nSPS) is 12.7. The van der Waals surface area contributed by atoms with Crippen molar-refractivity contribution in [3.8, 4) is 11.5 Å². The maximum Gasteiger partial charge on any atom is 0.347 e. The molecule has 0 amide bonds. The van der Waals surface area contributed by atoms with E-state index in [1.54, 1.807) is 48.5 Å². The molecule has 1 aliphatic rings. The summed E-state index contributed by atoms with van der Waals surface area (Å²) in [6.45, 7) is 0. The highest BCUT2D eigenvalue weighted by Crippen LogP contribution is 2.31. The van der Waals surface area contributed by atoms with E-state index >= 15 is 0 Å². The third kappa shape index (κ3) is 3.81. The van der Waals surface area contributed by atoms with Crippen LogP contribution in [-0.2, 0) is 12.8 Å². The molecular weight excluding hydrogens is 352 g/mol. The van der Waals surface area contributed by atoms with Crippen LogP contribution in [0.5, 0.6) is 11.5 Å². The molecule has 1 aliphatic carbocycles. The molecule has 0 unspecified atom stereocenters. The molecular formula is C24H20O4. The summed E-state index contributed by atoms with van der Waals surface area (Å²) in [6, 6.07) is 21.1. The van der Waals surface area contributed by atoms with Crippen LogP contribution in [0.4, 0.5) is 0 Å². The highest BCUT2D eigenvalue weighted by molar-refractivity contribution is 5.97. The predicted molar refractivity (Wildman–Crippen MR) is 106 cm³/mol. The molecule has 140 valence electrons. The molecule has 3 aromatic carbocycles. The third-order valence-electron chi connectivity index (χ3n) is 4.87. The number of benzene rings is 3. The fourth-order valence-electron chi connectivity index (χ4n) is 3.45. The van der Waals surface area contributed by atoms with Gasteiger partial charge in [0.15, 0.2) is 0 Å². The minimum Gasteiger partial charge on any atom is -0.423 e. The molecule has 0 radical (unpaired) electrons. The lowest BCUT2D eigenvalue weighted by Gasteiger charge is -2.19. The van der Waals surface area contributed by atoms with E-state index in [1.165, 1.54) is 5.56 Å². The topological polar surface area (TPSA) is 52.6 Å². The molecule has 0 spiro atoms. The van der Waals surface area contributed by atoms with Gasteiger partial charge in [0.05, 0.1) is 5.56 Å². The first kappa shape index (κ1) is 18.0. The summed E-state index contributed by atoms with van der Waals surface area (Å²) in [4.78, 5) is 25.2. The van der Waals surface area contributed by atoms with Crippen LogP contribution in [0.2, 0.25) is 0 Å². The van der Waals surface area contributed by atoms with Gasteiger partial charge in [0, 0.05) is 0 Å². The zero-order valence-electron chi connectivity index (χ0n) is 15.4. The van der Waals surface area contributed by atoms with Crippen molar-refractivity contribution in [2.45, 2.75) is 25.7 Å². The predicted octanol–water partition coefficient (Wildman–Crippen LogP) is 5.00. The van der Waals surface area contributed by atoms with Crippen LogP contribution < -0.4 is 9.47 Å². The van der Waals surface area contributed by atoms with Crippen molar-refractivity contribution >= 4 is 11.9 Å². The van der Waals surface area contributed by atoms with E-state index in [9.17, 15) is 9.59 Å². The first-order valence-electron chi connectivity index (χ1n) is 9.41. The molecule has 4 heteroatoms. The average molecular weight is 372 g/mol. The van der Waals surface area contributed by atoms with Crippen LogP contribution >= 0.6 is 0 Å². The van der Waals surface area contributed by atoms with Crippen molar-refractivity contribution in [1.82, 2.24) is 0 Å². The number of hydrogen-bond acceptors (Lipinski definition) is 4. The minimum atomic E-state index is -0.532. The number of carbonyl (C=O) groups is 2. The van der Waals surface area contributed by atoms with Gasteiger partial charge in [-0.2, -0.15) is 0 Å². The maximum absolute atomic E-state index is 12.8. The molecule has 0 aromatic heterocycles. The molecule has 0 saturated heterocycles. The summed E-state index contributed by atoms with van der Waals surface area (Å²) in [7, 11) is 0. The lowest BCUT2D eigenvalue weighted by atomic mass is 9.91. The van der Waals surface area contributed by atoms with E-state index in [4.69, 9.17) is 9.47 Å². The Morgan fingerprint density at radius 3 is 2.18 bits per heavy atom. The summed E-state index contributed by atoms with van der Waals surface area (Å²) in [5, 5.41) is 0. The molecule has 4 nitrogen and oxygen atoms in total. The number of rotatable bonds is 4. The highest BCUT2D eigenvalue weighted by Gasteiger charge is 2.20. The van der Waals surface area contributed by atoms with E-state index in [0.717, 1.165) is 31.2 Å². The molecule has 3 aromatic rings. The molecule has 4 rings (SSSR count). The zero-order chi connectivity index (χ0) is 19.3. The largest absolute Gasteiger partial charge is 0.423 e. The summed E-state index contributed by atoms with van der Waals surface area (Å²) in [5.74, 6) is -0.272. The zero-order valence-corrected chi connectivity index (χ0v) is 15.4. The van der Waals surface area contributed by atoms with E-state index in [0.29, 0.717) is 11.3 Å². The fraction of sp³-hybridized carbons (Fsp3) is 0.167. The van der Waals surface area contributed by atoms with Gasteiger partial charge in [-0.15, -0.1) is 0 Å². The Kier molecular flexibility index (Phi) is 5.20. The van der Waals surface area contributed by atoms with Crippen LogP contribution in [0.3, 0.4) is 0 Å². The molecule has 0 N–H and O–H groups in total. The number of para-hydroxylation sites is 1. The summed E-state index contributed by atoms with van der Waals surface area (Å²) in [6.07, 6.45) is 4.16. The second-order valence-electron chi connectivity index (χ2n) is 6.74. The van der Waals surface area contributed by atoms with Crippen molar-refractivity contribution < 1.29 is 19.1 Å². The molecule has 0 fully saturated rings. The quantitative estimate of drug-likeness (QED) is 0.477. The van der Waals surface area contributed by atoms with Crippen molar-refractivity contribution in [2.24, 2.45) is 0 Å². The second kappa shape index (κ2) is 8.09.